The molecule has 1 aromatic carbocycles. The molecule has 2 rings (SSSR count). The largest absolute Gasteiger partial charge is 0.480 e. The fourth-order valence-corrected chi connectivity index (χ4v) is 2.95. The molecular formula is C14H16N2O4S. The fourth-order valence-electron chi connectivity index (χ4n) is 1.90. The van der Waals surface area contributed by atoms with Crippen molar-refractivity contribution in [2.45, 2.75) is 18.5 Å². The molecule has 0 aromatic heterocycles. The van der Waals surface area contributed by atoms with E-state index in [0.717, 1.165) is 10.6 Å². The molecule has 1 unspecified atom stereocenters. The Hall–Kier alpha value is -1.86. The smallest absolute Gasteiger partial charge is 0.326 e. The standard InChI is InChI=1S/C14H16N2O4S/c17-7-6-10(14(19)20)15-12(18)11-8-21-13(16-11)9-4-2-1-3-5-9/h1-5,10-11,17H,6-8H2,(H,15,18)(H,19,20)/t10-,11?/m1/s1. The third-order valence-corrected chi connectivity index (χ3v) is 4.10. The number of thioether (sulfide) groups is 1. The number of carbonyl (C=O) groups is 2. The van der Waals surface area contributed by atoms with E-state index in [2.05, 4.69) is 10.3 Å². The Kier molecular flexibility index (Phi) is 5.35. The van der Waals surface area contributed by atoms with Crippen molar-refractivity contribution in [3.8, 4) is 0 Å². The summed E-state index contributed by atoms with van der Waals surface area (Å²) in [5.74, 6) is -1.09. The molecule has 0 saturated heterocycles. The summed E-state index contributed by atoms with van der Waals surface area (Å²) >= 11 is 1.47. The highest BCUT2D eigenvalue weighted by molar-refractivity contribution is 8.14. The second-order valence-electron chi connectivity index (χ2n) is 4.54. The van der Waals surface area contributed by atoms with E-state index in [9.17, 15) is 9.59 Å². The van der Waals surface area contributed by atoms with Crippen LogP contribution in [0.3, 0.4) is 0 Å². The highest BCUT2D eigenvalue weighted by atomic mass is 32.2. The zero-order chi connectivity index (χ0) is 15.2. The van der Waals surface area contributed by atoms with Gasteiger partial charge in [0.1, 0.15) is 12.1 Å². The van der Waals surface area contributed by atoms with E-state index >= 15 is 0 Å². The minimum absolute atomic E-state index is 0.0177. The first-order valence-electron chi connectivity index (χ1n) is 6.52. The van der Waals surface area contributed by atoms with E-state index in [-0.39, 0.29) is 13.0 Å². The van der Waals surface area contributed by atoms with Crippen molar-refractivity contribution < 1.29 is 19.8 Å². The average Bonchev–Trinajstić information content (AvgIpc) is 2.97. The van der Waals surface area contributed by atoms with Crippen molar-refractivity contribution in [3.63, 3.8) is 0 Å². The Morgan fingerprint density at radius 2 is 2.10 bits per heavy atom. The van der Waals surface area contributed by atoms with Crippen LogP contribution in [0.2, 0.25) is 0 Å². The molecule has 1 aliphatic heterocycles. The maximum absolute atomic E-state index is 12.0. The molecule has 0 spiro atoms. The number of benzene rings is 1. The van der Waals surface area contributed by atoms with Gasteiger partial charge in [0.2, 0.25) is 5.91 Å². The molecule has 1 aromatic rings. The summed E-state index contributed by atoms with van der Waals surface area (Å²) in [5, 5.41) is 21.0. The number of rotatable bonds is 6. The van der Waals surface area contributed by atoms with Gasteiger partial charge in [0.05, 0.1) is 5.04 Å². The van der Waals surface area contributed by atoms with Crippen molar-refractivity contribution in [3.05, 3.63) is 35.9 Å². The third-order valence-electron chi connectivity index (χ3n) is 3.01. The molecule has 0 fully saturated rings. The predicted molar refractivity (Wildman–Crippen MR) is 80.5 cm³/mol. The number of aliphatic hydroxyl groups is 1. The van der Waals surface area contributed by atoms with Crippen LogP contribution >= 0.6 is 11.8 Å². The van der Waals surface area contributed by atoms with E-state index in [1.54, 1.807) is 0 Å². The second-order valence-corrected chi connectivity index (χ2v) is 5.55. The molecule has 1 heterocycles. The lowest BCUT2D eigenvalue weighted by atomic mass is 10.2. The number of aliphatic imine (C=N–C) groups is 1. The molecule has 1 aliphatic rings. The van der Waals surface area contributed by atoms with Crippen molar-refractivity contribution in [1.29, 1.82) is 0 Å². The number of aliphatic carboxylic acids is 1. The van der Waals surface area contributed by atoms with Crippen molar-refractivity contribution >= 4 is 28.7 Å². The van der Waals surface area contributed by atoms with Crippen LogP contribution < -0.4 is 5.32 Å². The van der Waals surface area contributed by atoms with Crippen LogP contribution in [0.25, 0.3) is 0 Å². The normalized spacial score (nSPS) is 18.9. The Bertz CT molecular complexity index is 547. The predicted octanol–water partition coefficient (Wildman–Crippen LogP) is 0.500. The number of hydrogen-bond donors (Lipinski definition) is 3. The van der Waals surface area contributed by atoms with Gasteiger partial charge in [0.15, 0.2) is 0 Å². The Morgan fingerprint density at radius 1 is 1.38 bits per heavy atom. The Morgan fingerprint density at radius 3 is 2.71 bits per heavy atom. The van der Waals surface area contributed by atoms with Gasteiger partial charge in [-0.3, -0.25) is 9.79 Å². The van der Waals surface area contributed by atoms with Gasteiger partial charge in [-0.2, -0.15) is 0 Å². The van der Waals surface area contributed by atoms with Gasteiger partial charge in [0, 0.05) is 24.3 Å². The highest BCUT2D eigenvalue weighted by Gasteiger charge is 2.29. The third kappa shape index (κ3) is 4.05. The zero-order valence-electron chi connectivity index (χ0n) is 11.2. The molecule has 7 heteroatoms. The molecular weight excluding hydrogens is 292 g/mol. The molecule has 0 bridgehead atoms. The maximum atomic E-state index is 12.0. The van der Waals surface area contributed by atoms with Gasteiger partial charge >= 0.3 is 5.97 Å². The molecule has 21 heavy (non-hydrogen) atoms. The fraction of sp³-hybridized carbons (Fsp3) is 0.357. The topological polar surface area (TPSA) is 99.0 Å². The SMILES string of the molecule is O=C(N[C@H](CCO)C(=O)O)C1CSC(c2ccccc2)=N1. The molecule has 2 atom stereocenters. The van der Waals surface area contributed by atoms with Crippen molar-refractivity contribution in [1.82, 2.24) is 5.32 Å². The van der Waals surface area contributed by atoms with Crippen molar-refractivity contribution in [2.24, 2.45) is 4.99 Å². The van der Waals surface area contributed by atoms with E-state index in [1.807, 2.05) is 30.3 Å². The Balaban J connectivity index is 2.01. The number of aliphatic hydroxyl groups excluding tert-OH is 1. The maximum Gasteiger partial charge on any atom is 0.326 e. The quantitative estimate of drug-likeness (QED) is 0.711. The molecule has 3 N–H and O–H groups in total. The lowest BCUT2D eigenvalue weighted by Gasteiger charge is -2.14. The van der Waals surface area contributed by atoms with Gasteiger partial charge in [-0.05, 0) is 0 Å². The van der Waals surface area contributed by atoms with Gasteiger partial charge in [0.25, 0.3) is 0 Å². The molecule has 1 amide bonds. The summed E-state index contributed by atoms with van der Waals surface area (Å²) in [5.41, 5.74) is 0.947. The number of amides is 1. The zero-order valence-corrected chi connectivity index (χ0v) is 12.0. The Labute approximate surface area is 126 Å². The van der Waals surface area contributed by atoms with Crippen LogP contribution in [0, 0.1) is 0 Å². The van der Waals surface area contributed by atoms with Gasteiger partial charge in [-0.1, -0.05) is 30.3 Å². The first-order chi connectivity index (χ1) is 10.1. The molecule has 0 aliphatic carbocycles. The van der Waals surface area contributed by atoms with E-state index in [0.29, 0.717) is 5.75 Å². The summed E-state index contributed by atoms with van der Waals surface area (Å²) in [4.78, 5) is 27.3. The molecule has 6 nitrogen and oxygen atoms in total. The van der Waals surface area contributed by atoms with Crippen LogP contribution in [-0.4, -0.2) is 51.6 Å². The molecule has 0 radical (unpaired) electrons. The van der Waals surface area contributed by atoms with Crippen LogP contribution in [-0.2, 0) is 9.59 Å². The summed E-state index contributed by atoms with van der Waals surface area (Å²) in [6.45, 7) is -0.296. The van der Waals surface area contributed by atoms with Crippen molar-refractivity contribution in [2.75, 3.05) is 12.4 Å². The number of nitrogens with one attached hydrogen (secondary N) is 1. The monoisotopic (exact) mass is 308 g/mol. The van der Waals surface area contributed by atoms with E-state index in [4.69, 9.17) is 10.2 Å². The lowest BCUT2D eigenvalue weighted by Crippen LogP contribution is -2.45. The molecule has 112 valence electrons. The number of hydrogen-bond acceptors (Lipinski definition) is 5. The number of nitrogens with zero attached hydrogens (tertiary/aromatic N) is 1. The highest BCUT2D eigenvalue weighted by Crippen LogP contribution is 2.23. The summed E-state index contributed by atoms with van der Waals surface area (Å²) in [6, 6.07) is 7.85. The number of carbonyl (C=O) groups excluding carboxylic acids is 1. The van der Waals surface area contributed by atoms with Crippen LogP contribution in [0.5, 0.6) is 0 Å². The summed E-state index contributed by atoms with van der Waals surface area (Å²) in [7, 11) is 0. The van der Waals surface area contributed by atoms with Gasteiger partial charge in [-0.15, -0.1) is 11.8 Å². The van der Waals surface area contributed by atoms with Gasteiger partial charge < -0.3 is 15.5 Å². The molecule has 0 saturated carbocycles. The van der Waals surface area contributed by atoms with Crippen LogP contribution in [0.1, 0.15) is 12.0 Å². The van der Waals surface area contributed by atoms with Gasteiger partial charge in [-0.25, -0.2) is 4.79 Å². The lowest BCUT2D eigenvalue weighted by molar-refractivity contribution is -0.142. The first kappa shape index (κ1) is 15.5. The summed E-state index contributed by atoms with van der Waals surface area (Å²) in [6.07, 6.45) is -0.0177. The average molecular weight is 308 g/mol. The minimum atomic E-state index is -1.16. The number of carboxylic acids is 1. The minimum Gasteiger partial charge on any atom is -0.480 e. The van der Waals surface area contributed by atoms with Crippen LogP contribution in [0.15, 0.2) is 35.3 Å². The second kappa shape index (κ2) is 7.24. The van der Waals surface area contributed by atoms with E-state index < -0.39 is 24.0 Å². The number of carboxylic acid groups (broad SMARTS) is 1. The first-order valence-corrected chi connectivity index (χ1v) is 7.50. The van der Waals surface area contributed by atoms with E-state index in [1.165, 1.54) is 11.8 Å². The summed E-state index contributed by atoms with van der Waals surface area (Å²) < 4.78 is 0. The van der Waals surface area contributed by atoms with Crippen LogP contribution in [0.4, 0.5) is 0 Å².